The van der Waals surface area contributed by atoms with Crippen LogP contribution in [0.3, 0.4) is 0 Å². The predicted octanol–water partition coefficient (Wildman–Crippen LogP) is 1.42. The van der Waals surface area contributed by atoms with Crippen LogP contribution in [0.15, 0.2) is 12.3 Å². The lowest BCUT2D eigenvalue weighted by Gasteiger charge is -1.88. The van der Waals surface area contributed by atoms with Gasteiger partial charge in [-0.1, -0.05) is 11.6 Å². The third kappa shape index (κ3) is 0.967. The Morgan fingerprint density at radius 1 is 1.50 bits per heavy atom. The SMILES string of the molecule is O=Cc1c[nH]c2cc(Cl)nnc12. The first-order valence-corrected chi connectivity index (χ1v) is 3.64. The van der Waals surface area contributed by atoms with Crippen LogP contribution in [-0.2, 0) is 0 Å². The van der Waals surface area contributed by atoms with E-state index in [2.05, 4.69) is 15.2 Å². The molecular formula is C7H4ClN3O. The van der Waals surface area contributed by atoms with Crippen molar-refractivity contribution in [3.05, 3.63) is 23.0 Å². The first-order chi connectivity index (χ1) is 5.81. The number of aromatic amines is 1. The van der Waals surface area contributed by atoms with Crippen LogP contribution in [0.5, 0.6) is 0 Å². The number of nitrogens with one attached hydrogen (secondary N) is 1. The highest BCUT2D eigenvalue weighted by Gasteiger charge is 2.04. The molecule has 0 fully saturated rings. The lowest BCUT2D eigenvalue weighted by atomic mass is 10.3. The lowest BCUT2D eigenvalue weighted by molar-refractivity contribution is 0.112. The molecular weight excluding hydrogens is 178 g/mol. The number of halogens is 1. The Labute approximate surface area is 72.6 Å². The van der Waals surface area contributed by atoms with Crippen LogP contribution in [0.25, 0.3) is 11.0 Å². The molecule has 0 saturated carbocycles. The summed E-state index contributed by atoms with van der Waals surface area (Å²) >= 11 is 5.59. The minimum atomic E-state index is 0.307. The molecule has 0 aliphatic rings. The topological polar surface area (TPSA) is 58.6 Å². The van der Waals surface area contributed by atoms with E-state index in [1.807, 2.05) is 0 Å². The molecule has 0 aliphatic heterocycles. The first kappa shape index (κ1) is 7.24. The molecule has 2 heterocycles. The molecule has 5 heteroatoms. The Kier molecular flexibility index (Phi) is 1.55. The van der Waals surface area contributed by atoms with E-state index in [-0.39, 0.29) is 0 Å². The fourth-order valence-corrected chi connectivity index (χ4v) is 1.15. The van der Waals surface area contributed by atoms with Crippen molar-refractivity contribution in [3.8, 4) is 0 Å². The molecule has 2 rings (SSSR count). The van der Waals surface area contributed by atoms with Gasteiger partial charge in [0.05, 0.1) is 11.1 Å². The van der Waals surface area contributed by atoms with Gasteiger partial charge in [-0.2, -0.15) is 0 Å². The van der Waals surface area contributed by atoms with Crippen molar-refractivity contribution in [3.63, 3.8) is 0 Å². The normalized spacial score (nSPS) is 10.4. The fourth-order valence-electron chi connectivity index (χ4n) is 1.00. The molecule has 2 aromatic heterocycles. The summed E-state index contributed by atoms with van der Waals surface area (Å²) in [5.74, 6) is 0. The molecule has 0 saturated heterocycles. The van der Waals surface area contributed by atoms with Gasteiger partial charge in [0.25, 0.3) is 0 Å². The zero-order chi connectivity index (χ0) is 8.55. The summed E-state index contributed by atoms with van der Waals surface area (Å²) in [6.45, 7) is 0. The molecule has 12 heavy (non-hydrogen) atoms. The third-order valence-electron chi connectivity index (χ3n) is 1.55. The van der Waals surface area contributed by atoms with Crippen LogP contribution in [-0.4, -0.2) is 21.5 Å². The number of aldehydes is 1. The van der Waals surface area contributed by atoms with Crippen molar-refractivity contribution < 1.29 is 4.79 Å². The number of nitrogens with zero attached hydrogens (tertiary/aromatic N) is 2. The maximum Gasteiger partial charge on any atom is 0.153 e. The van der Waals surface area contributed by atoms with Crippen molar-refractivity contribution in [1.82, 2.24) is 15.2 Å². The molecule has 4 nitrogen and oxygen atoms in total. The Morgan fingerprint density at radius 2 is 2.33 bits per heavy atom. The summed E-state index contributed by atoms with van der Waals surface area (Å²) in [6, 6.07) is 1.62. The number of carbonyl (C=O) groups is 1. The van der Waals surface area contributed by atoms with Gasteiger partial charge >= 0.3 is 0 Å². The molecule has 2 aromatic rings. The first-order valence-electron chi connectivity index (χ1n) is 3.27. The van der Waals surface area contributed by atoms with E-state index in [9.17, 15) is 4.79 Å². The average Bonchev–Trinajstić information content (AvgIpc) is 2.46. The number of hydrogen-bond acceptors (Lipinski definition) is 3. The van der Waals surface area contributed by atoms with E-state index in [4.69, 9.17) is 11.6 Å². The molecule has 0 aromatic carbocycles. The van der Waals surface area contributed by atoms with Crippen molar-refractivity contribution in [1.29, 1.82) is 0 Å². The van der Waals surface area contributed by atoms with Crippen LogP contribution in [0.4, 0.5) is 0 Å². The van der Waals surface area contributed by atoms with E-state index in [1.54, 1.807) is 12.3 Å². The summed E-state index contributed by atoms with van der Waals surface area (Å²) in [5.41, 5.74) is 1.76. The van der Waals surface area contributed by atoms with Crippen molar-refractivity contribution in [2.24, 2.45) is 0 Å². The monoisotopic (exact) mass is 181 g/mol. The van der Waals surface area contributed by atoms with Crippen molar-refractivity contribution in [2.75, 3.05) is 0 Å². The van der Waals surface area contributed by atoms with Crippen LogP contribution in [0, 0.1) is 0 Å². The van der Waals surface area contributed by atoms with Gasteiger partial charge in [-0.05, 0) is 0 Å². The zero-order valence-corrected chi connectivity index (χ0v) is 6.67. The zero-order valence-electron chi connectivity index (χ0n) is 5.91. The number of rotatable bonds is 1. The lowest BCUT2D eigenvalue weighted by Crippen LogP contribution is -1.84. The molecule has 0 spiro atoms. The van der Waals surface area contributed by atoms with Gasteiger partial charge in [0.15, 0.2) is 11.4 Å². The number of hydrogen-bond donors (Lipinski definition) is 1. The van der Waals surface area contributed by atoms with Crippen LogP contribution < -0.4 is 0 Å². The molecule has 0 aliphatic carbocycles. The van der Waals surface area contributed by atoms with Gasteiger partial charge in [0.1, 0.15) is 5.52 Å². The van der Waals surface area contributed by atoms with Gasteiger partial charge in [0, 0.05) is 12.3 Å². The van der Waals surface area contributed by atoms with Crippen LogP contribution in [0.1, 0.15) is 10.4 Å². The molecule has 60 valence electrons. The number of aromatic nitrogens is 3. The quantitative estimate of drug-likeness (QED) is 0.677. The molecule has 0 atom stereocenters. The van der Waals surface area contributed by atoms with Crippen LogP contribution >= 0.6 is 11.6 Å². The Hall–Kier alpha value is -1.42. The minimum Gasteiger partial charge on any atom is -0.359 e. The molecule has 0 unspecified atom stereocenters. The van der Waals surface area contributed by atoms with Crippen molar-refractivity contribution in [2.45, 2.75) is 0 Å². The average molecular weight is 182 g/mol. The number of H-pyrrole nitrogens is 1. The van der Waals surface area contributed by atoms with Crippen molar-refractivity contribution >= 4 is 28.9 Å². The second kappa shape index (κ2) is 2.57. The summed E-state index contributed by atoms with van der Waals surface area (Å²) in [5, 5.41) is 7.70. The van der Waals surface area contributed by atoms with Gasteiger partial charge in [-0.25, -0.2) is 0 Å². The predicted molar refractivity (Wildman–Crippen MR) is 44.3 cm³/mol. The summed E-state index contributed by atoms with van der Waals surface area (Å²) in [4.78, 5) is 13.3. The molecule has 0 bridgehead atoms. The Balaban J connectivity index is 2.81. The minimum absolute atomic E-state index is 0.307. The van der Waals surface area contributed by atoms with Gasteiger partial charge in [-0.3, -0.25) is 4.79 Å². The largest absolute Gasteiger partial charge is 0.359 e. The third-order valence-corrected chi connectivity index (χ3v) is 1.73. The van der Waals surface area contributed by atoms with Gasteiger partial charge < -0.3 is 4.98 Å². The molecule has 0 amide bonds. The van der Waals surface area contributed by atoms with E-state index in [0.29, 0.717) is 16.2 Å². The number of fused-ring (bicyclic) bond motifs is 1. The fraction of sp³-hybridized carbons (Fsp3) is 0. The molecule has 0 radical (unpaired) electrons. The maximum absolute atomic E-state index is 10.4. The highest BCUT2D eigenvalue weighted by atomic mass is 35.5. The van der Waals surface area contributed by atoms with Gasteiger partial charge in [0.2, 0.25) is 0 Å². The highest BCUT2D eigenvalue weighted by Crippen LogP contribution is 2.15. The van der Waals surface area contributed by atoms with Gasteiger partial charge in [-0.15, -0.1) is 10.2 Å². The summed E-state index contributed by atoms with van der Waals surface area (Å²) in [7, 11) is 0. The van der Waals surface area contributed by atoms with E-state index < -0.39 is 0 Å². The Morgan fingerprint density at radius 3 is 3.08 bits per heavy atom. The second-order valence-corrected chi connectivity index (χ2v) is 2.68. The van der Waals surface area contributed by atoms with E-state index in [0.717, 1.165) is 11.8 Å². The smallest absolute Gasteiger partial charge is 0.153 e. The van der Waals surface area contributed by atoms with E-state index >= 15 is 0 Å². The maximum atomic E-state index is 10.4. The second-order valence-electron chi connectivity index (χ2n) is 2.29. The number of carbonyl (C=O) groups excluding carboxylic acids is 1. The van der Waals surface area contributed by atoms with E-state index in [1.165, 1.54) is 0 Å². The standard InChI is InChI=1S/C7H4ClN3O/c8-6-1-5-7(11-10-6)4(3-12)2-9-5/h1-3,9H. The summed E-state index contributed by atoms with van der Waals surface area (Å²) in [6.07, 6.45) is 2.30. The molecule has 1 N–H and O–H groups in total. The Bertz CT molecular complexity index is 437. The summed E-state index contributed by atoms with van der Waals surface area (Å²) < 4.78 is 0. The van der Waals surface area contributed by atoms with Crippen LogP contribution in [0.2, 0.25) is 5.15 Å². The highest BCUT2D eigenvalue weighted by molar-refractivity contribution is 6.29.